The van der Waals surface area contributed by atoms with E-state index in [1.807, 2.05) is 0 Å². The lowest BCUT2D eigenvalue weighted by Crippen LogP contribution is -2.11. The Kier molecular flexibility index (Phi) is 8.08. The van der Waals surface area contributed by atoms with Crippen LogP contribution in [0.1, 0.15) is 132 Å². The topological polar surface area (TPSA) is 13.8 Å². The van der Waals surface area contributed by atoms with Crippen LogP contribution in [0.15, 0.2) is 103 Å². The average molecular weight is 885 g/mol. The van der Waals surface area contributed by atoms with Crippen LogP contribution in [-0.2, 0) is 27.1 Å². The van der Waals surface area contributed by atoms with E-state index in [4.69, 9.17) is 11.6 Å². The zero-order valence-corrected chi connectivity index (χ0v) is 42.3. The zero-order chi connectivity index (χ0) is 46.7. The Morgan fingerprint density at radius 1 is 0.303 bits per heavy atom. The van der Waals surface area contributed by atoms with Gasteiger partial charge in [-0.25, -0.2) is 0 Å². The minimum atomic E-state index is -0.0337. The van der Waals surface area contributed by atoms with Gasteiger partial charge in [-0.05, 0) is 134 Å². The van der Waals surface area contributed by atoms with Crippen molar-refractivity contribution in [2.45, 2.75) is 131 Å². The maximum absolute atomic E-state index is 7.73. The van der Waals surface area contributed by atoms with Gasteiger partial charge in [0.15, 0.2) is 0 Å². The number of fused-ring (bicyclic) bond motifs is 16. The molecule has 0 amide bonds. The molecule has 0 bridgehead atoms. The largest absolute Gasteiger partial charge is 0.308 e. The standard InChI is InChI=1S/C62H62ClN3/c1-58(2,3)33-16-20-48-38(24-33)39-25-34(59(4,5)6)17-21-49(39)64(48)53-32-52-41(31-47(53)63)44-30-45-43-29-37(62(13,14)15)28-42-40-26-35(60(7,8)9)18-22-50(40)66(55(42)43)57(45)54-46-27-36(61(10,11)12)19-23-51(46)65(52)56(44)54/h16-32H,1-15H3. The molecule has 3 nitrogen and oxygen atoms in total. The molecule has 0 aliphatic carbocycles. The third-order valence-corrected chi connectivity index (χ3v) is 15.6. The predicted molar refractivity (Wildman–Crippen MR) is 289 cm³/mol. The summed E-state index contributed by atoms with van der Waals surface area (Å²) in [6, 6.07) is 40.7. The van der Waals surface area contributed by atoms with Crippen LogP contribution in [0.5, 0.6) is 0 Å². The fourth-order valence-electron chi connectivity index (χ4n) is 11.4. The molecule has 12 rings (SSSR count). The maximum atomic E-state index is 7.73. The van der Waals surface area contributed by atoms with E-state index in [0.29, 0.717) is 0 Å². The lowest BCUT2D eigenvalue weighted by molar-refractivity contribution is 0.590. The van der Waals surface area contributed by atoms with Gasteiger partial charge < -0.3 is 13.4 Å². The van der Waals surface area contributed by atoms with Crippen LogP contribution in [0.4, 0.5) is 0 Å². The molecule has 0 radical (unpaired) electrons. The SMILES string of the molecule is CC(C)(C)c1ccc2c(c1)c1cc(C(C)(C)C)ccc1n2-c1cc2c(cc1Cl)c1cc3c4cc(C(C)(C)C)cc5c6cc(C(C)(C)C)ccc6n(c54)c3c3c4cc(C(C)(C)C)ccc4n2c13. The maximum Gasteiger partial charge on any atom is 0.0669 e. The lowest BCUT2D eigenvalue weighted by atomic mass is 9.84. The third-order valence-electron chi connectivity index (χ3n) is 15.3. The first-order valence-corrected chi connectivity index (χ1v) is 24.4. The molecule has 5 heterocycles. The van der Waals surface area contributed by atoms with Crippen LogP contribution in [0.3, 0.4) is 0 Å². The van der Waals surface area contributed by atoms with E-state index in [2.05, 4.69) is 220 Å². The minimum Gasteiger partial charge on any atom is -0.308 e. The van der Waals surface area contributed by atoms with E-state index in [-0.39, 0.29) is 27.1 Å². The first-order valence-electron chi connectivity index (χ1n) is 24.0. The van der Waals surface area contributed by atoms with E-state index in [9.17, 15) is 0 Å². The Balaban J connectivity index is 1.26. The highest BCUT2D eigenvalue weighted by molar-refractivity contribution is 6.38. The summed E-state index contributed by atoms with van der Waals surface area (Å²) in [5, 5.41) is 13.6. The Morgan fingerprint density at radius 3 is 1.14 bits per heavy atom. The highest BCUT2D eigenvalue weighted by atomic mass is 35.5. The highest BCUT2D eigenvalue weighted by Gasteiger charge is 2.30. The number of halogens is 1. The van der Waals surface area contributed by atoms with Gasteiger partial charge in [-0.2, -0.15) is 0 Å². The smallest absolute Gasteiger partial charge is 0.0669 e. The van der Waals surface area contributed by atoms with Gasteiger partial charge in [-0.1, -0.05) is 140 Å². The molecule has 0 fully saturated rings. The quantitative estimate of drug-likeness (QED) is 0.156. The summed E-state index contributed by atoms with van der Waals surface area (Å²) in [5.74, 6) is 0. The minimum absolute atomic E-state index is 0.0120. The van der Waals surface area contributed by atoms with Crippen molar-refractivity contribution in [3.8, 4) is 5.69 Å². The summed E-state index contributed by atoms with van der Waals surface area (Å²) < 4.78 is 7.61. The molecule has 0 saturated heterocycles. The summed E-state index contributed by atoms with van der Waals surface area (Å²) in [6.45, 7) is 34.8. The zero-order valence-electron chi connectivity index (χ0n) is 41.5. The van der Waals surface area contributed by atoms with Gasteiger partial charge >= 0.3 is 0 Å². The summed E-state index contributed by atoms with van der Waals surface area (Å²) in [5.41, 5.74) is 17.6. The molecule has 0 aliphatic heterocycles. The normalized spacial score (nSPS) is 14.1. The molecule has 0 atom stereocenters. The van der Waals surface area contributed by atoms with Crippen molar-refractivity contribution in [1.82, 2.24) is 13.4 Å². The van der Waals surface area contributed by atoms with Crippen molar-refractivity contribution < 1.29 is 0 Å². The lowest BCUT2D eigenvalue weighted by Gasteiger charge is -2.20. The molecule has 0 unspecified atom stereocenters. The first kappa shape index (κ1) is 41.6. The summed E-state index contributed by atoms with van der Waals surface area (Å²) in [4.78, 5) is 0. The Labute approximate surface area is 393 Å². The molecule has 332 valence electrons. The van der Waals surface area contributed by atoms with Crippen LogP contribution in [-0.4, -0.2) is 13.4 Å². The Bertz CT molecular complexity index is 3980. The van der Waals surface area contributed by atoms with Crippen molar-refractivity contribution >= 4 is 110 Å². The fraction of sp³-hybridized carbons (Fsp3) is 0.323. The number of nitrogens with zero attached hydrogens (tertiary/aromatic N) is 3. The summed E-state index contributed by atoms with van der Waals surface area (Å²) in [7, 11) is 0. The van der Waals surface area contributed by atoms with Crippen LogP contribution in [0, 0.1) is 0 Å². The summed E-state index contributed by atoms with van der Waals surface area (Å²) >= 11 is 7.73. The van der Waals surface area contributed by atoms with Gasteiger partial charge in [-0.3, -0.25) is 0 Å². The van der Waals surface area contributed by atoms with Gasteiger partial charge in [0.2, 0.25) is 0 Å². The van der Waals surface area contributed by atoms with E-state index in [0.717, 1.165) is 10.7 Å². The van der Waals surface area contributed by atoms with E-state index in [1.54, 1.807) is 0 Å². The second-order valence-corrected chi connectivity index (χ2v) is 25.4. The molecular weight excluding hydrogens is 822 g/mol. The molecular formula is C62H62ClN3. The molecule has 0 saturated carbocycles. The van der Waals surface area contributed by atoms with Gasteiger partial charge in [-0.15, -0.1) is 0 Å². The fourth-order valence-corrected chi connectivity index (χ4v) is 11.6. The first-order chi connectivity index (χ1) is 30.8. The monoisotopic (exact) mass is 883 g/mol. The molecule has 5 aromatic heterocycles. The number of aromatic nitrogens is 3. The van der Waals surface area contributed by atoms with Gasteiger partial charge in [0.05, 0.1) is 54.8 Å². The van der Waals surface area contributed by atoms with Crippen molar-refractivity contribution in [3.63, 3.8) is 0 Å². The van der Waals surface area contributed by atoms with Crippen molar-refractivity contribution in [1.29, 1.82) is 0 Å². The average Bonchev–Trinajstić information content (AvgIpc) is 4.00. The van der Waals surface area contributed by atoms with E-state index < -0.39 is 0 Å². The van der Waals surface area contributed by atoms with Crippen molar-refractivity contribution in [2.75, 3.05) is 0 Å². The van der Waals surface area contributed by atoms with Crippen LogP contribution < -0.4 is 0 Å². The van der Waals surface area contributed by atoms with Gasteiger partial charge in [0.25, 0.3) is 0 Å². The van der Waals surface area contributed by atoms with Crippen LogP contribution in [0.2, 0.25) is 5.02 Å². The number of hydrogen-bond acceptors (Lipinski definition) is 0. The molecule has 66 heavy (non-hydrogen) atoms. The van der Waals surface area contributed by atoms with Gasteiger partial charge in [0.1, 0.15) is 0 Å². The molecule has 0 spiro atoms. The number of benzene rings is 7. The van der Waals surface area contributed by atoms with Crippen LogP contribution >= 0.6 is 11.6 Å². The molecule has 12 aromatic rings. The Hall–Kier alpha value is -5.77. The van der Waals surface area contributed by atoms with Crippen LogP contribution in [0.25, 0.3) is 104 Å². The van der Waals surface area contributed by atoms with E-state index in [1.165, 1.54) is 126 Å². The second kappa shape index (κ2) is 12.8. The van der Waals surface area contributed by atoms with Crippen molar-refractivity contribution in [3.05, 3.63) is 136 Å². The van der Waals surface area contributed by atoms with E-state index >= 15 is 0 Å². The number of rotatable bonds is 1. The molecule has 4 heteroatoms. The third kappa shape index (κ3) is 5.62. The van der Waals surface area contributed by atoms with Gasteiger partial charge in [0, 0.05) is 53.9 Å². The predicted octanol–water partition coefficient (Wildman–Crippen LogP) is 18.2. The summed E-state index contributed by atoms with van der Waals surface area (Å²) in [6.07, 6.45) is 0. The Morgan fingerprint density at radius 2 is 0.652 bits per heavy atom. The number of hydrogen-bond donors (Lipinski definition) is 0. The second-order valence-electron chi connectivity index (χ2n) is 25.0. The highest BCUT2D eigenvalue weighted by Crippen LogP contribution is 2.51. The molecule has 7 aromatic carbocycles. The molecule has 0 N–H and O–H groups in total. The molecule has 0 aliphatic rings. The van der Waals surface area contributed by atoms with Crippen molar-refractivity contribution in [2.24, 2.45) is 0 Å².